The van der Waals surface area contributed by atoms with Crippen LogP contribution in [0.2, 0.25) is 0 Å². The molecule has 0 aliphatic carbocycles. The maximum absolute atomic E-state index is 13.0. The molecule has 7 nitrogen and oxygen atoms in total. The maximum Gasteiger partial charge on any atom is 0.322 e. The van der Waals surface area contributed by atoms with Crippen LogP contribution in [0.4, 0.5) is 4.39 Å². The molecule has 1 amide bonds. The molecule has 0 aliphatic heterocycles. The molecule has 0 atom stereocenters. The summed E-state index contributed by atoms with van der Waals surface area (Å²) in [6, 6.07) is 8.27. The van der Waals surface area contributed by atoms with E-state index in [1.807, 2.05) is 25.1 Å². The van der Waals surface area contributed by atoms with Gasteiger partial charge in [0.05, 0.1) is 17.9 Å². The number of amides is 1. The highest BCUT2D eigenvalue weighted by Gasteiger charge is 2.10. The van der Waals surface area contributed by atoms with Crippen LogP contribution in [-0.2, 0) is 23.1 Å². The predicted molar refractivity (Wildman–Crippen MR) is 102 cm³/mol. The van der Waals surface area contributed by atoms with Crippen LogP contribution >= 0.6 is 12.4 Å². The third-order valence-corrected chi connectivity index (χ3v) is 3.89. The number of carboxylic acids is 1. The number of nitrogens with zero attached hydrogens (tertiary/aromatic N) is 3. The first-order chi connectivity index (χ1) is 12.3. The second-order valence-corrected chi connectivity index (χ2v) is 6.16. The molecule has 148 valence electrons. The number of benzene rings is 1. The highest BCUT2D eigenvalue weighted by Crippen LogP contribution is 2.20. The molecule has 27 heavy (non-hydrogen) atoms. The number of nitrogens with one attached hydrogen (secondary N) is 1. The van der Waals surface area contributed by atoms with Gasteiger partial charge in [0.2, 0.25) is 5.91 Å². The van der Waals surface area contributed by atoms with Gasteiger partial charge in [0.25, 0.3) is 0 Å². The molecular weight excluding hydrogens is 375 g/mol. The van der Waals surface area contributed by atoms with Crippen molar-refractivity contribution < 1.29 is 19.1 Å². The van der Waals surface area contributed by atoms with E-state index in [9.17, 15) is 14.0 Å². The first-order valence-corrected chi connectivity index (χ1v) is 8.31. The van der Waals surface area contributed by atoms with Gasteiger partial charge in [-0.2, -0.15) is 5.10 Å². The normalized spacial score (nSPS) is 10.5. The lowest BCUT2D eigenvalue weighted by molar-refractivity contribution is -0.138. The lowest BCUT2D eigenvalue weighted by Gasteiger charge is -2.15. The SMILES string of the molecule is CN(CCCc1cc(-c2ccc(F)cc2)n(C)n1)CC(=O)NCC(=O)O.Cl. The molecule has 0 radical (unpaired) electrons. The first-order valence-electron chi connectivity index (χ1n) is 8.31. The van der Waals surface area contributed by atoms with Crippen molar-refractivity contribution in [1.29, 1.82) is 0 Å². The van der Waals surface area contributed by atoms with Gasteiger partial charge in [0.1, 0.15) is 12.4 Å². The van der Waals surface area contributed by atoms with Gasteiger partial charge in [0.15, 0.2) is 0 Å². The van der Waals surface area contributed by atoms with Crippen molar-refractivity contribution >= 4 is 24.3 Å². The molecule has 0 spiro atoms. The number of carboxylic acid groups (broad SMARTS) is 1. The van der Waals surface area contributed by atoms with Gasteiger partial charge in [-0.1, -0.05) is 0 Å². The van der Waals surface area contributed by atoms with Crippen molar-refractivity contribution in [3.05, 3.63) is 41.8 Å². The van der Waals surface area contributed by atoms with E-state index in [0.717, 1.165) is 29.8 Å². The number of likely N-dealkylation sites (N-methyl/N-ethyl adjacent to an activating group) is 1. The van der Waals surface area contributed by atoms with E-state index in [1.54, 1.807) is 16.8 Å². The zero-order valence-electron chi connectivity index (χ0n) is 15.3. The largest absolute Gasteiger partial charge is 0.480 e. The van der Waals surface area contributed by atoms with Gasteiger partial charge in [-0.3, -0.25) is 19.2 Å². The molecule has 0 aliphatic rings. The van der Waals surface area contributed by atoms with Crippen molar-refractivity contribution in [2.24, 2.45) is 7.05 Å². The van der Waals surface area contributed by atoms with E-state index in [-0.39, 0.29) is 37.2 Å². The third-order valence-electron chi connectivity index (χ3n) is 3.89. The van der Waals surface area contributed by atoms with Gasteiger partial charge >= 0.3 is 5.97 Å². The number of aromatic nitrogens is 2. The average molecular weight is 399 g/mol. The summed E-state index contributed by atoms with van der Waals surface area (Å²) in [6.45, 7) is 0.464. The van der Waals surface area contributed by atoms with E-state index in [0.29, 0.717) is 6.54 Å². The van der Waals surface area contributed by atoms with Crippen molar-refractivity contribution in [3.63, 3.8) is 0 Å². The lowest BCUT2D eigenvalue weighted by atomic mass is 10.1. The quantitative estimate of drug-likeness (QED) is 0.671. The molecule has 2 aromatic rings. The number of aliphatic carboxylic acids is 1. The van der Waals surface area contributed by atoms with E-state index >= 15 is 0 Å². The molecule has 1 aromatic carbocycles. The minimum Gasteiger partial charge on any atom is -0.480 e. The Morgan fingerprint density at radius 2 is 1.96 bits per heavy atom. The predicted octanol–water partition coefficient (Wildman–Crippen LogP) is 1.71. The summed E-state index contributed by atoms with van der Waals surface area (Å²) in [5, 5.41) is 15.3. The standard InChI is InChI=1S/C18H23FN4O3.ClH/c1-22(12-17(24)20-11-18(25)26)9-3-4-15-10-16(23(2)21-15)13-5-7-14(19)8-6-13;/h5-8,10H,3-4,9,11-12H2,1-2H3,(H,20,24)(H,25,26);1H. The van der Waals surface area contributed by atoms with Crippen molar-refractivity contribution in [1.82, 2.24) is 20.0 Å². The molecule has 0 fully saturated rings. The summed E-state index contributed by atoms with van der Waals surface area (Å²) in [5.74, 6) is -1.65. The van der Waals surface area contributed by atoms with Gasteiger partial charge < -0.3 is 10.4 Å². The Morgan fingerprint density at radius 1 is 1.30 bits per heavy atom. The molecule has 0 saturated heterocycles. The average Bonchev–Trinajstić information content (AvgIpc) is 2.94. The van der Waals surface area contributed by atoms with Gasteiger partial charge in [0, 0.05) is 7.05 Å². The van der Waals surface area contributed by atoms with Crippen LogP contribution < -0.4 is 5.32 Å². The molecule has 0 bridgehead atoms. The van der Waals surface area contributed by atoms with Crippen LogP contribution in [0.3, 0.4) is 0 Å². The Labute approximate surface area is 163 Å². The molecule has 9 heteroatoms. The second-order valence-electron chi connectivity index (χ2n) is 6.16. The summed E-state index contributed by atoms with van der Waals surface area (Å²) < 4.78 is 14.8. The highest BCUT2D eigenvalue weighted by atomic mass is 35.5. The van der Waals surface area contributed by atoms with Crippen molar-refractivity contribution in [3.8, 4) is 11.3 Å². The van der Waals surface area contributed by atoms with Crippen molar-refractivity contribution in [2.75, 3.05) is 26.7 Å². The number of carbonyl (C=O) groups is 2. The Balaban J connectivity index is 0.00000364. The van der Waals surface area contributed by atoms with Gasteiger partial charge in [-0.05, 0) is 62.3 Å². The fraction of sp³-hybridized carbons (Fsp3) is 0.389. The van der Waals surface area contributed by atoms with Gasteiger partial charge in [-0.15, -0.1) is 12.4 Å². The summed E-state index contributed by atoms with van der Waals surface area (Å²) in [7, 11) is 3.66. The zero-order chi connectivity index (χ0) is 19.1. The molecule has 2 N–H and O–H groups in total. The molecule has 0 saturated carbocycles. The van der Waals surface area contributed by atoms with E-state index in [2.05, 4.69) is 10.4 Å². The molecular formula is C18H24ClFN4O3. The first kappa shape index (κ1) is 22.6. The minimum absolute atomic E-state index is 0. The summed E-state index contributed by atoms with van der Waals surface area (Å²) in [5.41, 5.74) is 2.75. The Hall–Kier alpha value is -2.45. The summed E-state index contributed by atoms with van der Waals surface area (Å²) in [6.07, 6.45) is 1.55. The molecule has 1 heterocycles. The van der Waals surface area contributed by atoms with Crippen molar-refractivity contribution in [2.45, 2.75) is 12.8 Å². The van der Waals surface area contributed by atoms with Crippen LogP contribution in [-0.4, -0.2) is 58.3 Å². The molecule has 0 unspecified atom stereocenters. The summed E-state index contributed by atoms with van der Waals surface area (Å²) in [4.78, 5) is 23.8. The Morgan fingerprint density at radius 3 is 2.59 bits per heavy atom. The number of aryl methyl sites for hydroxylation is 2. The fourth-order valence-electron chi connectivity index (χ4n) is 2.62. The monoisotopic (exact) mass is 398 g/mol. The zero-order valence-corrected chi connectivity index (χ0v) is 16.1. The topological polar surface area (TPSA) is 87.5 Å². The van der Waals surface area contributed by atoms with Crippen LogP contribution in [0, 0.1) is 5.82 Å². The number of rotatable bonds is 9. The second kappa shape index (κ2) is 10.6. The van der Waals surface area contributed by atoms with E-state index in [4.69, 9.17) is 5.11 Å². The smallest absolute Gasteiger partial charge is 0.322 e. The molecule has 2 rings (SSSR count). The lowest BCUT2D eigenvalue weighted by Crippen LogP contribution is -2.38. The maximum atomic E-state index is 13.0. The third kappa shape index (κ3) is 7.36. The van der Waals surface area contributed by atoms with E-state index in [1.165, 1.54) is 12.1 Å². The van der Waals surface area contributed by atoms with Crippen LogP contribution in [0.25, 0.3) is 11.3 Å². The Kier molecular flexibility index (Phi) is 8.90. The minimum atomic E-state index is -1.06. The van der Waals surface area contributed by atoms with Crippen LogP contribution in [0.15, 0.2) is 30.3 Å². The highest BCUT2D eigenvalue weighted by molar-refractivity contribution is 5.85. The number of hydrogen-bond donors (Lipinski definition) is 2. The fourth-order valence-corrected chi connectivity index (χ4v) is 2.62. The summed E-state index contributed by atoms with van der Waals surface area (Å²) >= 11 is 0. The Bertz CT molecular complexity index is 764. The number of carbonyl (C=O) groups excluding carboxylic acids is 1. The van der Waals surface area contributed by atoms with Gasteiger partial charge in [-0.25, -0.2) is 4.39 Å². The van der Waals surface area contributed by atoms with E-state index < -0.39 is 5.97 Å². The number of hydrogen-bond acceptors (Lipinski definition) is 4. The van der Waals surface area contributed by atoms with Crippen LogP contribution in [0.5, 0.6) is 0 Å². The molecule has 1 aromatic heterocycles. The number of halogens is 2. The van der Waals surface area contributed by atoms with Crippen LogP contribution in [0.1, 0.15) is 12.1 Å².